The molecule has 1 saturated carbocycles. The molecule has 0 amide bonds. The number of ether oxygens (including phenoxy) is 1. The van der Waals surface area contributed by atoms with Gasteiger partial charge in [0.2, 0.25) is 0 Å². The normalized spacial score (nSPS) is 40.7. The Labute approximate surface area is 67.6 Å². The third kappa shape index (κ3) is 1.63. The van der Waals surface area contributed by atoms with Crippen LogP contribution < -0.4 is 5.32 Å². The van der Waals surface area contributed by atoms with Crippen molar-refractivity contribution in [2.45, 2.75) is 31.4 Å². The van der Waals surface area contributed by atoms with Crippen LogP contribution in [-0.2, 0) is 4.74 Å². The second-order valence-electron chi connectivity index (χ2n) is 3.29. The van der Waals surface area contributed by atoms with Crippen molar-refractivity contribution in [3.63, 3.8) is 0 Å². The molecule has 0 radical (unpaired) electrons. The quantitative estimate of drug-likeness (QED) is 0.526. The van der Waals surface area contributed by atoms with Crippen LogP contribution in [0.25, 0.3) is 0 Å². The van der Waals surface area contributed by atoms with E-state index in [4.69, 9.17) is 4.74 Å². The van der Waals surface area contributed by atoms with Crippen LogP contribution in [0.2, 0.25) is 0 Å². The van der Waals surface area contributed by atoms with Crippen LogP contribution in [0.1, 0.15) is 19.3 Å². The molecule has 62 valence electrons. The highest BCUT2D eigenvalue weighted by Gasteiger charge is 2.27. The fourth-order valence-electron chi connectivity index (χ4n) is 1.91. The Bertz CT molecular complexity index is 140. The number of nitrogens with one attached hydrogen (secondary N) is 1. The predicted molar refractivity (Wildman–Crippen MR) is 44.5 cm³/mol. The molecule has 0 unspecified atom stereocenters. The van der Waals surface area contributed by atoms with Crippen molar-refractivity contribution >= 4 is 0 Å². The van der Waals surface area contributed by atoms with Crippen molar-refractivity contribution in [1.82, 2.24) is 5.32 Å². The van der Waals surface area contributed by atoms with Gasteiger partial charge in [0.05, 0.1) is 12.7 Å². The van der Waals surface area contributed by atoms with Crippen molar-refractivity contribution in [3.05, 3.63) is 12.2 Å². The van der Waals surface area contributed by atoms with E-state index in [1.165, 1.54) is 19.3 Å². The van der Waals surface area contributed by atoms with Crippen LogP contribution in [-0.4, -0.2) is 25.3 Å². The molecule has 0 saturated heterocycles. The van der Waals surface area contributed by atoms with Gasteiger partial charge in [-0.15, -0.1) is 0 Å². The van der Waals surface area contributed by atoms with Crippen LogP contribution >= 0.6 is 0 Å². The molecule has 0 aromatic carbocycles. The van der Waals surface area contributed by atoms with E-state index in [-0.39, 0.29) is 0 Å². The molecule has 11 heavy (non-hydrogen) atoms. The summed E-state index contributed by atoms with van der Waals surface area (Å²) in [4.78, 5) is 0. The summed E-state index contributed by atoms with van der Waals surface area (Å²) in [6, 6.07) is 0.625. The summed E-state index contributed by atoms with van der Waals surface area (Å²) in [5.74, 6) is 0. The van der Waals surface area contributed by atoms with Gasteiger partial charge in [-0.05, 0) is 19.3 Å². The molecule has 1 aliphatic heterocycles. The van der Waals surface area contributed by atoms with Crippen LogP contribution in [0.15, 0.2) is 12.2 Å². The molecule has 2 atom stereocenters. The average Bonchev–Trinajstić information content (AvgIpc) is 2.35. The molecule has 0 aromatic heterocycles. The molecule has 1 fully saturated rings. The van der Waals surface area contributed by atoms with Crippen LogP contribution in [0, 0.1) is 0 Å². The summed E-state index contributed by atoms with van der Waals surface area (Å²) in [6.45, 7) is 1.83. The average molecular weight is 153 g/mol. The Morgan fingerprint density at radius 1 is 1.27 bits per heavy atom. The first-order valence-electron chi connectivity index (χ1n) is 4.47. The van der Waals surface area contributed by atoms with E-state index in [0.717, 1.165) is 13.2 Å². The lowest BCUT2D eigenvalue weighted by Gasteiger charge is -2.21. The van der Waals surface area contributed by atoms with Crippen LogP contribution in [0.4, 0.5) is 0 Å². The third-order valence-corrected chi connectivity index (χ3v) is 2.52. The third-order valence-electron chi connectivity index (χ3n) is 2.52. The lowest BCUT2D eigenvalue weighted by Crippen LogP contribution is -2.38. The summed E-state index contributed by atoms with van der Waals surface area (Å²) < 4.78 is 5.66. The number of hydrogen-bond donors (Lipinski definition) is 1. The van der Waals surface area contributed by atoms with Gasteiger partial charge < -0.3 is 10.1 Å². The topological polar surface area (TPSA) is 21.3 Å². The summed E-state index contributed by atoms with van der Waals surface area (Å²) in [5.41, 5.74) is 0. The number of hydrogen-bond acceptors (Lipinski definition) is 2. The molecular formula is C9H15NO. The SMILES string of the molecule is C1=C\CO[C@@H]2CCC[C@H]2NC/1. The smallest absolute Gasteiger partial charge is 0.0732 e. The zero-order valence-electron chi connectivity index (χ0n) is 6.75. The van der Waals surface area contributed by atoms with Gasteiger partial charge in [0.15, 0.2) is 0 Å². The first-order chi connectivity index (χ1) is 5.47. The molecular weight excluding hydrogens is 138 g/mol. The van der Waals surface area contributed by atoms with Gasteiger partial charge >= 0.3 is 0 Å². The maximum atomic E-state index is 5.66. The molecule has 0 aromatic rings. The van der Waals surface area contributed by atoms with Crippen LogP contribution in [0.5, 0.6) is 0 Å². The van der Waals surface area contributed by atoms with Gasteiger partial charge in [0.1, 0.15) is 0 Å². The van der Waals surface area contributed by atoms with Crippen molar-refractivity contribution in [2.24, 2.45) is 0 Å². The minimum absolute atomic E-state index is 0.486. The predicted octanol–water partition coefficient (Wildman–Crippen LogP) is 1.08. The molecule has 1 N–H and O–H groups in total. The van der Waals surface area contributed by atoms with Gasteiger partial charge in [-0.1, -0.05) is 12.2 Å². The second-order valence-corrected chi connectivity index (χ2v) is 3.29. The number of fused-ring (bicyclic) bond motifs is 1. The fraction of sp³-hybridized carbons (Fsp3) is 0.778. The zero-order valence-corrected chi connectivity index (χ0v) is 6.75. The minimum Gasteiger partial charge on any atom is -0.373 e. The van der Waals surface area contributed by atoms with E-state index < -0.39 is 0 Å². The van der Waals surface area contributed by atoms with Crippen molar-refractivity contribution in [1.29, 1.82) is 0 Å². The molecule has 0 bridgehead atoms. The van der Waals surface area contributed by atoms with Gasteiger partial charge in [-0.2, -0.15) is 0 Å². The molecule has 1 aliphatic carbocycles. The van der Waals surface area contributed by atoms with Gasteiger partial charge in [-0.3, -0.25) is 0 Å². The molecule has 2 rings (SSSR count). The van der Waals surface area contributed by atoms with Crippen LogP contribution in [0.3, 0.4) is 0 Å². The molecule has 1 heterocycles. The van der Waals surface area contributed by atoms with E-state index in [0.29, 0.717) is 12.1 Å². The largest absolute Gasteiger partial charge is 0.373 e. The highest BCUT2D eigenvalue weighted by Crippen LogP contribution is 2.22. The van der Waals surface area contributed by atoms with E-state index in [2.05, 4.69) is 17.5 Å². The summed E-state index contributed by atoms with van der Waals surface area (Å²) in [7, 11) is 0. The van der Waals surface area contributed by atoms with E-state index in [1.807, 2.05) is 0 Å². The zero-order chi connectivity index (χ0) is 7.52. The van der Waals surface area contributed by atoms with Gasteiger partial charge in [0.25, 0.3) is 0 Å². The fourth-order valence-corrected chi connectivity index (χ4v) is 1.91. The van der Waals surface area contributed by atoms with Gasteiger partial charge in [0, 0.05) is 12.6 Å². The Morgan fingerprint density at radius 2 is 2.27 bits per heavy atom. The summed E-state index contributed by atoms with van der Waals surface area (Å²) in [5, 5.41) is 3.47. The Morgan fingerprint density at radius 3 is 3.27 bits per heavy atom. The lowest BCUT2D eigenvalue weighted by molar-refractivity contribution is 0.0577. The Hall–Kier alpha value is -0.340. The van der Waals surface area contributed by atoms with E-state index in [9.17, 15) is 0 Å². The standard InChI is InChI=1S/C9H15NO/c1-2-7-11-9-5-3-4-8(9)10-6-1/h1-2,8-10H,3-7H2/b2-1-/t8-,9-/m1/s1. The highest BCUT2D eigenvalue weighted by atomic mass is 16.5. The summed E-state index contributed by atoms with van der Waals surface area (Å²) in [6.07, 6.45) is 8.59. The van der Waals surface area contributed by atoms with E-state index in [1.54, 1.807) is 0 Å². The summed E-state index contributed by atoms with van der Waals surface area (Å²) >= 11 is 0. The van der Waals surface area contributed by atoms with Crippen molar-refractivity contribution in [2.75, 3.05) is 13.2 Å². The van der Waals surface area contributed by atoms with Gasteiger partial charge in [-0.25, -0.2) is 0 Å². The Balaban J connectivity index is 1.97. The van der Waals surface area contributed by atoms with E-state index >= 15 is 0 Å². The maximum Gasteiger partial charge on any atom is 0.0732 e. The second kappa shape index (κ2) is 3.37. The molecule has 2 nitrogen and oxygen atoms in total. The Kier molecular flexibility index (Phi) is 2.24. The van der Waals surface area contributed by atoms with Crippen molar-refractivity contribution < 1.29 is 4.74 Å². The van der Waals surface area contributed by atoms with Crippen molar-refractivity contribution in [3.8, 4) is 0 Å². The lowest BCUT2D eigenvalue weighted by atomic mass is 10.2. The highest BCUT2D eigenvalue weighted by molar-refractivity contribution is 4.92. The first kappa shape index (κ1) is 7.32. The minimum atomic E-state index is 0.486. The maximum absolute atomic E-state index is 5.66. The first-order valence-corrected chi connectivity index (χ1v) is 4.47. The molecule has 2 heteroatoms. The molecule has 2 aliphatic rings. The number of rotatable bonds is 0. The monoisotopic (exact) mass is 153 g/mol. The molecule has 0 spiro atoms.